The average molecular weight is 308 g/mol. The van der Waals surface area contributed by atoms with E-state index in [0.717, 1.165) is 31.5 Å². The number of anilines is 1. The van der Waals surface area contributed by atoms with Gasteiger partial charge in [-0.05, 0) is 50.5 Å². The highest BCUT2D eigenvalue weighted by Crippen LogP contribution is 2.20. The number of benzene rings is 1. The van der Waals surface area contributed by atoms with E-state index in [0.29, 0.717) is 10.6 Å². The molecule has 1 heterocycles. The molecule has 1 fully saturated rings. The molecule has 2 N–H and O–H groups in total. The van der Waals surface area contributed by atoms with Crippen molar-refractivity contribution in [2.45, 2.75) is 49.7 Å². The molecule has 0 aromatic heterocycles. The van der Waals surface area contributed by atoms with E-state index in [2.05, 4.69) is 0 Å². The minimum atomic E-state index is -1.33. The van der Waals surface area contributed by atoms with Crippen molar-refractivity contribution in [2.75, 3.05) is 18.8 Å². The number of nitrogens with zero attached hydrogens (tertiary/aromatic N) is 1. The summed E-state index contributed by atoms with van der Waals surface area (Å²) in [7, 11) is -1.33. The summed E-state index contributed by atoms with van der Waals surface area (Å²) in [6.07, 6.45) is 4.45. The second-order valence-corrected chi connectivity index (χ2v) is 7.47. The molecule has 0 aliphatic carbocycles. The molecule has 2 unspecified atom stereocenters. The fourth-order valence-electron chi connectivity index (χ4n) is 2.62. The first-order valence-electron chi connectivity index (χ1n) is 7.56. The molecule has 2 atom stereocenters. The number of likely N-dealkylation sites (tertiary alicyclic amines) is 1. The second-order valence-electron chi connectivity index (χ2n) is 5.70. The van der Waals surface area contributed by atoms with Crippen molar-refractivity contribution in [3.05, 3.63) is 23.8 Å². The van der Waals surface area contributed by atoms with Gasteiger partial charge < -0.3 is 10.6 Å². The highest BCUT2D eigenvalue weighted by molar-refractivity contribution is 7.86. The third-order valence-electron chi connectivity index (χ3n) is 4.06. The summed E-state index contributed by atoms with van der Waals surface area (Å²) in [5.41, 5.74) is 7.37. The zero-order valence-corrected chi connectivity index (χ0v) is 13.6. The van der Waals surface area contributed by atoms with Crippen molar-refractivity contribution in [3.8, 4) is 0 Å². The van der Waals surface area contributed by atoms with Crippen LogP contribution in [0.5, 0.6) is 0 Å². The molecule has 1 amide bonds. The van der Waals surface area contributed by atoms with Crippen molar-refractivity contribution >= 4 is 22.4 Å². The molecule has 1 saturated heterocycles. The monoisotopic (exact) mass is 308 g/mol. The van der Waals surface area contributed by atoms with Gasteiger partial charge in [-0.25, -0.2) is 0 Å². The van der Waals surface area contributed by atoms with E-state index in [1.807, 2.05) is 17.9 Å². The van der Waals surface area contributed by atoms with E-state index in [1.54, 1.807) is 19.1 Å². The van der Waals surface area contributed by atoms with Crippen LogP contribution in [0.2, 0.25) is 0 Å². The van der Waals surface area contributed by atoms with Crippen molar-refractivity contribution in [3.63, 3.8) is 0 Å². The Morgan fingerprint density at radius 3 is 2.43 bits per heavy atom. The third-order valence-corrected chi connectivity index (χ3v) is 5.62. The zero-order chi connectivity index (χ0) is 15.4. The molecule has 1 aromatic carbocycles. The molecule has 0 spiro atoms. The van der Waals surface area contributed by atoms with E-state index in [1.165, 1.54) is 12.8 Å². The van der Waals surface area contributed by atoms with Crippen LogP contribution in [0.15, 0.2) is 23.1 Å². The molecule has 1 aliphatic rings. The maximum Gasteiger partial charge on any atom is 0.238 e. The standard InChI is InChI=1S/C16H24N2O2S/c1-12-11-14(7-8-15(12)17)21(20)13(2)16(19)18-9-5-3-4-6-10-18/h7-8,11,13H,3-6,9-10,17H2,1-2H3. The van der Waals surface area contributed by atoms with Gasteiger partial charge in [0.25, 0.3) is 0 Å². The highest BCUT2D eigenvalue weighted by Gasteiger charge is 2.26. The van der Waals surface area contributed by atoms with E-state index in [9.17, 15) is 9.00 Å². The topological polar surface area (TPSA) is 63.4 Å². The Morgan fingerprint density at radius 2 is 1.86 bits per heavy atom. The number of aryl methyl sites for hydroxylation is 1. The Hall–Kier alpha value is -1.36. The number of nitrogens with two attached hydrogens (primary N) is 1. The maximum atomic E-state index is 12.6. The van der Waals surface area contributed by atoms with Gasteiger partial charge in [-0.3, -0.25) is 9.00 Å². The summed E-state index contributed by atoms with van der Waals surface area (Å²) in [5.74, 6) is 0.00436. The number of hydrogen-bond donors (Lipinski definition) is 1. The Labute approximate surface area is 129 Å². The predicted molar refractivity (Wildman–Crippen MR) is 86.5 cm³/mol. The van der Waals surface area contributed by atoms with Gasteiger partial charge in [0.05, 0.1) is 10.8 Å². The fourth-order valence-corrected chi connectivity index (χ4v) is 3.85. The van der Waals surface area contributed by atoms with Crippen LogP contribution in [0.4, 0.5) is 5.69 Å². The summed E-state index contributed by atoms with van der Waals surface area (Å²) >= 11 is 0. The zero-order valence-electron chi connectivity index (χ0n) is 12.8. The molecule has 0 saturated carbocycles. The molecule has 116 valence electrons. The van der Waals surface area contributed by atoms with E-state index in [4.69, 9.17) is 5.73 Å². The number of carbonyl (C=O) groups excluding carboxylic acids is 1. The predicted octanol–water partition coefficient (Wildman–Crippen LogP) is 2.48. The van der Waals surface area contributed by atoms with Crippen LogP contribution in [0, 0.1) is 6.92 Å². The molecular weight excluding hydrogens is 284 g/mol. The van der Waals surface area contributed by atoms with Gasteiger partial charge >= 0.3 is 0 Å². The van der Waals surface area contributed by atoms with Crippen molar-refractivity contribution in [1.29, 1.82) is 0 Å². The molecule has 4 nitrogen and oxygen atoms in total. The minimum absolute atomic E-state index is 0.00436. The normalized spacial score (nSPS) is 18.9. The minimum Gasteiger partial charge on any atom is -0.399 e. The van der Waals surface area contributed by atoms with Crippen LogP contribution in [0.3, 0.4) is 0 Å². The summed E-state index contributed by atoms with van der Waals surface area (Å²) in [6.45, 7) is 5.23. The van der Waals surface area contributed by atoms with Gasteiger partial charge in [0.2, 0.25) is 5.91 Å². The first-order chi connectivity index (χ1) is 10.0. The Balaban J connectivity index is 2.10. The lowest BCUT2D eigenvalue weighted by Gasteiger charge is -2.23. The van der Waals surface area contributed by atoms with E-state index < -0.39 is 16.0 Å². The third kappa shape index (κ3) is 3.84. The van der Waals surface area contributed by atoms with Gasteiger partial charge in [-0.2, -0.15) is 0 Å². The lowest BCUT2D eigenvalue weighted by molar-refractivity contribution is -0.130. The number of hydrogen-bond acceptors (Lipinski definition) is 3. The fraction of sp³-hybridized carbons (Fsp3) is 0.562. The van der Waals surface area contributed by atoms with Crippen molar-refractivity contribution < 1.29 is 9.00 Å². The number of rotatable bonds is 3. The van der Waals surface area contributed by atoms with Gasteiger partial charge in [0.15, 0.2) is 0 Å². The van der Waals surface area contributed by atoms with Gasteiger partial charge in [0.1, 0.15) is 5.25 Å². The molecular formula is C16H24N2O2S. The summed E-state index contributed by atoms with van der Waals surface area (Å²) in [5, 5.41) is -0.508. The van der Waals surface area contributed by atoms with Crippen LogP contribution in [-0.2, 0) is 15.6 Å². The van der Waals surface area contributed by atoms with E-state index in [-0.39, 0.29) is 5.91 Å². The van der Waals surface area contributed by atoms with Gasteiger partial charge in [-0.1, -0.05) is 12.8 Å². The van der Waals surface area contributed by atoms with Gasteiger partial charge in [-0.15, -0.1) is 0 Å². The summed E-state index contributed by atoms with van der Waals surface area (Å²) in [4.78, 5) is 15.1. The molecule has 0 bridgehead atoms. The molecule has 21 heavy (non-hydrogen) atoms. The van der Waals surface area contributed by atoms with Crippen LogP contribution in [0.1, 0.15) is 38.2 Å². The number of nitrogen functional groups attached to an aromatic ring is 1. The van der Waals surface area contributed by atoms with Crippen LogP contribution in [-0.4, -0.2) is 33.4 Å². The van der Waals surface area contributed by atoms with Crippen molar-refractivity contribution in [2.24, 2.45) is 0 Å². The molecule has 1 aromatic rings. The van der Waals surface area contributed by atoms with Crippen molar-refractivity contribution in [1.82, 2.24) is 4.90 Å². The Bertz CT molecular complexity index is 537. The first-order valence-corrected chi connectivity index (χ1v) is 8.77. The lowest BCUT2D eigenvalue weighted by Crippen LogP contribution is -2.40. The highest BCUT2D eigenvalue weighted by atomic mass is 32.2. The number of amides is 1. The largest absolute Gasteiger partial charge is 0.399 e. The maximum absolute atomic E-state index is 12.6. The van der Waals surface area contributed by atoms with Crippen LogP contribution < -0.4 is 5.73 Å². The van der Waals surface area contributed by atoms with Crippen LogP contribution >= 0.6 is 0 Å². The lowest BCUT2D eigenvalue weighted by atomic mass is 10.2. The molecule has 5 heteroatoms. The summed E-state index contributed by atoms with van der Waals surface area (Å²) < 4.78 is 12.6. The Morgan fingerprint density at radius 1 is 1.24 bits per heavy atom. The first kappa shape index (κ1) is 16.0. The second kappa shape index (κ2) is 7.07. The van der Waals surface area contributed by atoms with Crippen LogP contribution in [0.25, 0.3) is 0 Å². The molecule has 1 aliphatic heterocycles. The number of carbonyl (C=O) groups is 1. The SMILES string of the molecule is Cc1cc(S(=O)C(C)C(=O)N2CCCCCC2)ccc1N. The average Bonchev–Trinajstić information content (AvgIpc) is 2.77. The summed E-state index contributed by atoms with van der Waals surface area (Å²) in [6, 6.07) is 5.33. The Kier molecular flexibility index (Phi) is 5.39. The van der Waals surface area contributed by atoms with E-state index >= 15 is 0 Å². The van der Waals surface area contributed by atoms with Gasteiger partial charge in [0, 0.05) is 23.7 Å². The smallest absolute Gasteiger partial charge is 0.238 e. The quantitative estimate of drug-likeness (QED) is 0.873. The molecule has 0 radical (unpaired) electrons. The molecule has 2 rings (SSSR count).